The summed E-state index contributed by atoms with van der Waals surface area (Å²) in [5, 5.41) is 4.97. The molecule has 2 amide bonds. The zero-order chi connectivity index (χ0) is 15.4. The second-order valence-electron chi connectivity index (χ2n) is 4.94. The summed E-state index contributed by atoms with van der Waals surface area (Å²) in [7, 11) is 0. The Balaban J connectivity index is 1.56. The fourth-order valence-corrected chi connectivity index (χ4v) is 2.98. The minimum absolute atomic E-state index is 0.0615. The molecule has 1 aromatic heterocycles. The van der Waals surface area contributed by atoms with Crippen LogP contribution in [0.25, 0.3) is 0 Å². The lowest BCUT2D eigenvalue weighted by atomic mass is 10.2. The van der Waals surface area contributed by atoms with Gasteiger partial charge in [-0.25, -0.2) is 4.79 Å². The first-order valence-electron chi connectivity index (χ1n) is 7.20. The number of amides is 2. The van der Waals surface area contributed by atoms with Crippen molar-refractivity contribution in [1.29, 1.82) is 0 Å². The zero-order valence-corrected chi connectivity index (χ0v) is 13.2. The van der Waals surface area contributed by atoms with E-state index in [1.165, 1.54) is 4.88 Å². The van der Waals surface area contributed by atoms with Crippen molar-refractivity contribution in [2.45, 2.75) is 20.0 Å². The summed E-state index contributed by atoms with van der Waals surface area (Å²) in [6.45, 7) is 4.02. The van der Waals surface area contributed by atoms with E-state index in [4.69, 9.17) is 9.47 Å². The molecule has 0 fully saturated rings. The second kappa shape index (κ2) is 6.70. The average Bonchev–Trinajstić information content (AvgIpc) is 3.20. The van der Waals surface area contributed by atoms with E-state index in [1.54, 1.807) is 16.2 Å². The van der Waals surface area contributed by atoms with Crippen LogP contribution in [0.1, 0.15) is 17.4 Å². The van der Waals surface area contributed by atoms with Crippen LogP contribution in [0.3, 0.4) is 0 Å². The highest BCUT2D eigenvalue weighted by atomic mass is 32.1. The number of carbonyl (C=O) groups excluding carboxylic acids is 1. The first kappa shape index (κ1) is 14.7. The monoisotopic (exact) mass is 318 g/mol. The minimum Gasteiger partial charge on any atom is -0.454 e. The van der Waals surface area contributed by atoms with Crippen molar-refractivity contribution in [1.82, 2.24) is 10.2 Å². The zero-order valence-electron chi connectivity index (χ0n) is 12.4. The quantitative estimate of drug-likeness (QED) is 0.921. The SMILES string of the molecule is CCN(Cc1cccs1)C(=O)NCc1ccc2c(c1)OCO2. The molecule has 0 unspecified atom stereocenters. The number of benzene rings is 1. The van der Waals surface area contributed by atoms with Gasteiger partial charge in [-0.1, -0.05) is 12.1 Å². The molecule has 0 spiro atoms. The molecule has 3 rings (SSSR count). The maximum absolute atomic E-state index is 12.3. The number of nitrogens with zero attached hydrogens (tertiary/aromatic N) is 1. The second-order valence-corrected chi connectivity index (χ2v) is 5.97. The number of rotatable bonds is 5. The summed E-state index contributed by atoms with van der Waals surface area (Å²) in [6, 6.07) is 9.68. The van der Waals surface area contributed by atoms with E-state index in [0.717, 1.165) is 17.1 Å². The summed E-state index contributed by atoms with van der Waals surface area (Å²) in [5.74, 6) is 1.49. The number of hydrogen-bond acceptors (Lipinski definition) is 4. The van der Waals surface area contributed by atoms with Crippen LogP contribution in [0.5, 0.6) is 11.5 Å². The van der Waals surface area contributed by atoms with Crippen molar-refractivity contribution < 1.29 is 14.3 Å². The van der Waals surface area contributed by atoms with Gasteiger partial charge in [-0.2, -0.15) is 0 Å². The van der Waals surface area contributed by atoms with Crippen LogP contribution in [-0.4, -0.2) is 24.3 Å². The number of nitrogens with one attached hydrogen (secondary N) is 1. The number of carbonyl (C=O) groups is 1. The Kier molecular flexibility index (Phi) is 4.48. The summed E-state index contributed by atoms with van der Waals surface area (Å²) < 4.78 is 10.6. The Morgan fingerprint density at radius 3 is 2.95 bits per heavy atom. The minimum atomic E-state index is -0.0615. The molecule has 0 bridgehead atoms. The molecule has 0 saturated carbocycles. The first-order chi connectivity index (χ1) is 10.8. The van der Waals surface area contributed by atoms with Crippen LogP contribution in [-0.2, 0) is 13.1 Å². The number of fused-ring (bicyclic) bond motifs is 1. The highest BCUT2D eigenvalue weighted by Crippen LogP contribution is 2.32. The standard InChI is InChI=1S/C16H18N2O3S/c1-2-18(10-13-4-3-7-22-13)16(19)17-9-12-5-6-14-15(8-12)21-11-20-14/h3-8H,2,9-11H2,1H3,(H,17,19). The summed E-state index contributed by atoms with van der Waals surface area (Å²) in [5.41, 5.74) is 0.991. The van der Waals surface area contributed by atoms with E-state index in [0.29, 0.717) is 19.6 Å². The van der Waals surface area contributed by atoms with Gasteiger partial charge in [0.25, 0.3) is 0 Å². The van der Waals surface area contributed by atoms with Crippen molar-refractivity contribution in [2.24, 2.45) is 0 Å². The lowest BCUT2D eigenvalue weighted by Gasteiger charge is -2.20. The number of thiophene rings is 1. The van der Waals surface area contributed by atoms with E-state index in [2.05, 4.69) is 5.32 Å². The van der Waals surface area contributed by atoms with Crippen molar-refractivity contribution in [3.8, 4) is 11.5 Å². The van der Waals surface area contributed by atoms with E-state index < -0.39 is 0 Å². The van der Waals surface area contributed by atoms with Crippen LogP contribution in [0, 0.1) is 0 Å². The molecular weight excluding hydrogens is 300 g/mol. The van der Waals surface area contributed by atoms with Crippen molar-refractivity contribution >= 4 is 17.4 Å². The Morgan fingerprint density at radius 2 is 2.18 bits per heavy atom. The molecule has 0 saturated heterocycles. The van der Waals surface area contributed by atoms with Crippen LogP contribution in [0.4, 0.5) is 4.79 Å². The van der Waals surface area contributed by atoms with Gasteiger partial charge >= 0.3 is 6.03 Å². The van der Waals surface area contributed by atoms with E-state index in [9.17, 15) is 4.79 Å². The van der Waals surface area contributed by atoms with Crippen molar-refractivity contribution in [2.75, 3.05) is 13.3 Å². The molecule has 1 aromatic carbocycles. The predicted molar refractivity (Wildman–Crippen MR) is 85.2 cm³/mol. The molecule has 0 aliphatic carbocycles. The molecule has 0 atom stereocenters. The van der Waals surface area contributed by atoms with Crippen LogP contribution < -0.4 is 14.8 Å². The van der Waals surface area contributed by atoms with Gasteiger partial charge in [-0.3, -0.25) is 0 Å². The Labute approximate surface area is 133 Å². The predicted octanol–water partition coefficient (Wildman–Crippen LogP) is 3.21. The van der Waals surface area contributed by atoms with Crippen molar-refractivity contribution in [3.63, 3.8) is 0 Å². The molecule has 22 heavy (non-hydrogen) atoms. The molecule has 6 heteroatoms. The normalized spacial score (nSPS) is 12.2. The first-order valence-corrected chi connectivity index (χ1v) is 8.08. The summed E-state index contributed by atoms with van der Waals surface area (Å²) in [4.78, 5) is 15.2. The number of ether oxygens (including phenoxy) is 2. The highest BCUT2D eigenvalue weighted by molar-refractivity contribution is 7.09. The fraction of sp³-hybridized carbons (Fsp3) is 0.312. The number of urea groups is 1. The van der Waals surface area contributed by atoms with Crippen LogP contribution in [0.2, 0.25) is 0 Å². The maximum atomic E-state index is 12.3. The third kappa shape index (κ3) is 3.33. The van der Waals surface area contributed by atoms with Gasteiger partial charge in [-0.05, 0) is 36.1 Å². The summed E-state index contributed by atoms with van der Waals surface area (Å²) >= 11 is 1.66. The van der Waals surface area contributed by atoms with E-state index >= 15 is 0 Å². The third-order valence-corrected chi connectivity index (χ3v) is 4.34. The van der Waals surface area contributed by atoms with Crippen molar-refractivity contribution in [3.05, 3.63) is 46.2 Å². The van der Waals surface area contributed by atoms with Gasteiger partial charge in [0.05, 0.1) is 6.54 Å². The largest absolute Gasteiger partial charge is 0.454 e. The van der Waals surface area contributed by atoms with Gasteiger partial charge in [0, 0.05) is 18.0 Å². The molecule has 2 heterocycles. The smallest absolute Gasteiger partial charge is 0.317 e. The Bertz CT molecular complexity index is 643. The van der Waals surface area contributed by atoms with E-state index in [-0.39, 0.29) is 12.8 Å². The maximum Gasteiger partial charge on any atom is 0.317 e. The number of hydrogen-bond donors (Lipinski definition) is 1. The molecule has 1 N–H and O–H groups in total. The van der Waals surface area contributed by atoms with Gasteiger partial charge in [0.1, 0.15) is 0 Å². The average molecular weight is 318 g/mol. The lowest BCUT2D eigenvalue weighted by Crippen LogP contribution is -2.38. The van der Waals surface area contributed by atoms with Gasteiger partial charge in [0.2, 0.25) is 6.79 Å². The molecule has 116 valence electrons. The summed E-state index contributed by atoms with van der Waals surface area (Å²) in [6.07, 6.45) is 0. The molecule has 2 aromatic rings. The van der Waals surface area contributed by atoms with Crippen LogP contribution in [0.15, 0.2) is 35.7 Å². The van der Waals surface area contributed by atoms with Crippen LogP contribution >= 0.6 is 11.3 Å². The molecular formula is C16H18N2O3S. The fourth-order valence-electron chi connectivity index (χ4n) is 2.26. The van der Waals surface area contributed by atoms with Gasteiger partial charge in [0.15, 0.2) is 11.5 Å². The molecule has 0 radical (unpaired) electrons. The third-order valence-electron chi connectivity index (χ3n) is 3.48. The molecule has 1 aliphatic rings. The van der Waals surface area contributed by atoms with Gasteiger partial charge in [-0.15, -0.1) is 11.3 Å². The highest BCUT2D eigenvalue weighted by Gasteiger charge is 2.15. The molecule has 1 aliphatic heterocycles. The lowest BCUT2D eigenvalue weighted by molar-refractivity contribution is 0.174. The Hall–Kier alpha value is -2.21. The van der Waals surface area contributed by atoms with Gasteiger partial charge < -0.3 is 19.7 Å². The Morgan fingerprint density at radius 1 is 1.32 bits per heavy atom. The molecule has 5 nitrogen and oxygen atoms in total. The topological polar surface area (TPSA) is 50.8 Å². The van der Waals surface area contributed by atoms with E-state index in [1.807, 2.05) is 42.6 Å².